The molecule has 0 radical (unpaired) electrons. The molecule has 1 saturated heterocycles. The van der Waals surface area contributed by atoms with Gasteiger partial charge < -0.3 is 14.2 Å². The second-order valence-electron chi connectivity index (χ2n) is 4.71. The summed E-state index contributed by atoms with van der Waals surface area (Å²) in [6, 6.07) is 6.28. The van der Waals surface area contributed by atoms with Crippen LogP contribution in [-0.2, 0) is 9.84 Å². The van der Waals surface area contributed by atoms with Crippen molar-refractivity contribution in [2.24, 2.45) is 0 Å². The van der Waals surface area contributed by atoms with Gasteiger partial charge in [-0.05, 0) is 30.7 Å². The van der Waals surface area contributed by atoms with Crippen LogP contribution in [0.1, 0.15) is 17.0 Å². The van der Waals surface area contributed by atoms with Crippen LogP contribution >= 0.6 is 0 Å². The molecule has 3 heterocycles. The van der Waals surface area contributed by atoms with E-state index < -0.39 is 15.7 Å². The summed E-state index contributed by atoms with van der Waals surface area (Å²) in [4.78, 5) is 12.0. The van der Waals surface area contributed by atoms with Gasteiger partial charge in [0.2, 0.25) is 0 Å². The molecule has 1 atom stereocenters. The van der Waals surface area contributed by atoms with Crippen LogP contribution in [-0.4, -0.2) is 31.9 Å². The number of nitrogens with one attached hydrogen (secondary N) is 1. The first-order valence-electron chi connectivity index (χ1n) is 6.18. The SMILES string of the molecule is O=C(NC1CCS(=O)(=O)C1)c1ccc(-c2ccco2)o1. The van der Waals surface area contributed by atoms with Gasteiger partial charge in [-0.15, -0.1) is 0 Å². The summed E-state index contributed by atoms with van der Waals surface area (Å²) in [5.41, 5.74) is 0. The van der Waals surface area contributed by atoms with Crippen molar-refractivity contribution in [3.63, 3.8) is 0 Å². The molecule has 1 fully saturated rings. The number of hydrogen-bond acceptors (Lipinski definition) is 5. The van der Waals surface area contributed by atoms with Crippen molar-refractivity contribution in [2.45, 2.75) is 12.5 Å². The van der Waals surface area contributed by atoms with Crippen LogP contribution in [0.2, 0.25) is 0 Å². The van der Waals surface area contributed by atoms with Gasteiger partial charge in [0.1, 0.15) is 0 Å². The fourth-order valence-electron chi connectivity index (χ4n) is 2.18. The largest absolute Gasteiger partial charge is 0.461 e. The zero-order chi connectivity index (χ0) is 14.2. The first-order chi connectivity index (χ1) is 9.53. The lowest BCUT2D eigenvalue weighted by atomic mass is 10.2. The van der Waals surface area contributed by atoms with Crippen molar-refractivity contribution in [3.8, 4) is 11.5 Å². The van der Waals surface area contributed by atoms with E-state index in [0.29, 0.717) is 17.9 Å². The quantitative estimate of drug-likeness (QED) is 0.925. The summed E-state index contributed by atoms with van der Waals surface area (Å²) < 4.78 is 33.2. The molecule has 1 N–H and O–H groups in total. The Labute approximate surface area is 115 Å². The van der Waals surface area contributed by atoms with Gasteiger partial charge >= 0.3 is 0 Å². The first-order valence-corrected chi connectivity index (χ1v) is 8.01. The third-order valence-electron chi connectivity index (χ3n) is 3.16. The van der Waals surface area contributed by atoms with Crippen LogP contribution in [0.15, 0.2) is 39.4 Å². The molecule has 106 valence electrons. The van der Waals surface area contributed by atoms with E-state index in [2.05, 4.69) is 5.32 Å². The lowest BCUT2D eigenvalue weighted by Crippen LogP contribution is -2.35. The lowest BCUT2D eigenvalue weighted by Gasteiger charge is -2.08. The summed E-state index contributed by atoms with van der Waals surface area (Å²) in [7, 11) is -3.01. The second-order valence-corrected chi connectivity index (χ2v) is 6.94. The van der Waals surface area contributed by atoms with Crippen LogP contribution in [0.25, 0.3) is 11.5 Å². The molecular weight excluding hydrogens is 282 g/mol. The molecular formula is C13H13NO5S. The number of hydrogen-bond donors (Lipinski definition) is 1. The molecule has 0 aromatic carbocycles. The summed E-state index contributed by atoms with van der Waals surface area (Å²) in [5, 5.41) is 2.67. The molecule has 0 saturated carbocycles. The zero-order valence-corrected chi connectivity index (χ0v) is 11.4. The van der Waals surface area contributed by atoms with Gasteiger partial charge in [0.05, 0.1) is 17.8 Å². The Hall–Kier alpha value is -2.02. The average Bonchev–Trinajstić information content (AvgIpc) is 3.08. The minimum absolute atomic E-state index is 0.00943. The zero-order valence-electron chi connectivity index (χ0n) is 10.5. The molecule has 1 aliphatic rings. The second kappa shape index (κ2) is 4.82. The van der Waals surface area contributed by atoms with Crippen LogP contribution < -0.4 is 5.32 Å². The van der Waals surface area contributed by atoms with Gasteiger partial charge in [-0.3, -0.25) is 4.79 Å². The Morgan fingerprint density at radius 2 is 2.10 bits per heavy atom. The van der Waals surface area contributed by atoms with Crippen molar-refractivity contribution in [1.29, 1.82) is 0 Å². The maximum absolute atomic E-state index is 12.0. The van der Waals surface area contributed by atoms with E-state index in [1.807, 2.05) is 0 Å². The van der Waals surface area contributed by atoms with E-state index in [1.54, 1.807) is 18.2 Å². The molecule has 3 rings (SSSR count). The minimum Gasteiger partial charge on any atom is -0.461 e. The predicted octanol–water partition coefficient (Wildman–Crippen LogP) is 1.46. The topological polar surface area (TPSA) is 89.5 Å². The molecule has 6 nitrogen and oxygen atoms in total. The fourth-order valence-corrected chi connectivity index (χ4v) is 3.85. The smallest absolute Gasteiger partial charge is 0.287 e. The molecule has 2 aromatic heterocycles. The Morgan fingerprint density at radius 1 is 1.25 bits per heavy atom. The van der Waals surface area contributed by atoms with Gasteiger partial charge in [-0.1, -0.05) is 0 Å². The van der Waals surface area contributed by atoms with Gasteiger partial charge in [-0.25, -0.2) is 8.42 Å². The molecule has 0 aliphatic carbocycles. The number of carbonyl (C=O) groups excluding carboxylic acids is 1. The highest BCUT2D eigenvalue weighted by atomic mass is 32.2. The van der Waals surface area contributed by atoms with E-state index in [1.165, 1.54) is 12.3 Å². The minimum atomic E-state index is -3.01. The number of furan rings is 2. The highest BCUT2D eigenvalue weighted by Gasteiger charge is 2.29. The number of carbonyl (C=O) groups is 1. The first kappa shape index (κ1) is 13.0. The number of sulfone groups is 1. The maximum atomic E-state index is 12.0. The molecule has 1 amide bonds. The van der Waals surface area contributed by atoms with Gasteiger partial charge in [-0.2, -0.15) is 0 Å². The van der Waals surface area contributed by atoms with Crippen molar-refractivity contribution in [3.05, 3.63) is 36.3 Å². The molecule has 20 heavy (non-hydrogen) atoms. The molecule has 0 spiro atoms. The Kier molecular flexibility index (Phi) is 3.13. The van der Waals surface area contributed by atoms with Gasteiger partial charge in [0.15, 0.2) is 27.1 Å². The van der Waals surface area contributed by atoms with E-state index in [0.717, 1.165) is 0 Å². The molecule has 0 bridgehead atoms. The normalized spacial score (nSPS) is 20.9. The van der Waals surface area contributed by atoms with Crippen LogP contribution in [0, 0.1) is 0 Å². The van der Waals surface area contributed by atoms with E-state index in [4.69, 9.17) is 8.83 Å². The lowest BCUT2D eigenvalue weighted by molar-refractivity contribution is 0.0914. The highest BCUT2D eigenvalue weighted by Crippen LogP contribution is 2.22. The van der Waals surface area contributed by atoms with Crippen LogP contribution in [0.4, 0.5) is 0 Å². The highest BCUT2D eigenvalue weighted by molar-refractivity contribution is 7.91. The summed E-state index contributed by atoms with van der Waals surface area (Å²) in [5.74, 6) is 0.829. The molecule has 1 aliphatic heterocycles. The molecule has 2 aromatic rings. The van der Waals surface area contributed by atoms with Gasteiger partial charge in [0.25, 0.3) is 5.91 Å². The maximum Gasteiger partial charge on any atom is 0.287 e. The fraction of sp³-hybridized carbons (Fsp3) is 0.308. The molecule has 7 heteroatoms. The van der Waals surface area contributed by atoms with Crippen LogP contribution in [0.3, 0.4) is 0 Å². The Balaban J connectivity index is 1.69. The van der Waals surface area contributed by atoms with E-state index in [9.17, 15) is 13.2 Å². The summed E-state index contributed by atoms with van der Waals surface area (Å²) >= 11 is 0. The van der Waals surface area contributed by atoms with Crippen molar-refractivity contribution < 1.29 is 22.0 Å². The average molecular weight is 295 g/mol. The summed E-state index contributed by atoms with van der Waals surface area (Å²) in [6.45, 7) is 0. The predicted molar refractivity (Wildman–Crippen MR) is 70.9 cm³/mol. The van der Waals surface area contributed by atoms with E-state index >= 15 is 0 Å². The number of amides is 1. The monoisotopic (exact) mass is 295 g/mol. The van der Waals surface area contributed by atoms with Crippen LogP contribution in [0.5, 0.6) is 0 Å². The third kappa shape index (κ3) is 2.62. The molecule has 1 unspecified atom stereocenters. The Bertz CT molecular complexity index is 714. The van der Waals surface area contributed by atoms with Crippen molar-refractivity contribution in [2.75, 3.05) is 11.5 Å². The standard InChI is InChI=1S/C13H13NO5S/c15-13(14-9-5-7-20(16,17)8-9)12-4-3-11(19-12)10-2-1-6-18-10/h1-4,6,9H,5,7-8H2,(H,14,15). The van der Waals surface area contributed by atoms with E-state index in [-0.39, 0.29) is 23.3 Å². The van der Waals surface area contributed by atoms with Crippen molar-refractivity contribution in [1.82, 2.24) is 5.32 Å². The Morgan fingerprint density at radius 3 is 2.75 bits per heavy atom. The van der Waals surface area contributed by atoms with Gasteiger partial charge in [0, 0.05) is 6.04 Å². The third-order valence-corrected chi connectivity index (χ3v) is 4.93. The summed E-state index contributed by atoms with van der Waals surface area (Å²) in [6.07, 6.45) is 1.96. The van der Waals surface area contributed by atoms with Crippen molar-refractivity contribution >= 4 is 15.7 Å². The number of rotatable bonds is 3.